The third kappa shape index (κ3) is 2.39. The quantitative estimate of drug-likeness (QED) is 0.423. The van der Waals surface area contributed by atoms with Crippen LogP contribution in [0.3, 0.4) is 0 Å². The lowest BCUT2D eigenvalue weighted by Gasteiger charge is -1.97. The number of rotatable bonds is 2. The Morgan fingerprint density at radius 3 is 1.92 bits per heavy atom. The molecule has 0 aliphatic carbocycles. The van der Waals surface area contributed by atoms with Gasteiger partial charge in [0.05, 0.1) is 0 Å². The summed E-state index contributed by atoms with van der Waals surface area (Å²) in [7, 11) is 0. The van der Waals surface area contributed by atoms with Crippen molar-refractivity contribution in [1.29, 1.82) is 0 Å². The first kappa shape index (κ1) is 14.0. The van der Waals surface area contributed by atoms with Crippen LogP contribution in [0.4, 0.5) is 0 Å². The molecule has 0 atom stereocenters. The van der Waals surface area contributed by atoms with Crippen molar-refractivity contribution in [2.75, 3.05) is 0 Å². The molecule has 0 spiro atoms. The molecular weight excluding hydrogens is 312 g/mol. The monoisotopic (exact) mass is 326 g/mol. The second kappa shape index (κ2) is 5.31. The maximum atomic E-state index is 5.85. The minimum absolute atomic E-state index is 0.612. The topological polar surface area (TPSA) is 52.1 Å². The average Bonchev–Trinajstić information content (AvgIpc) is 3.25. The van der Waals surface area contributed by atoms with Crippen LogP contribution in [0.2, 0.25) is 0 Å². The van der Waals surface area contributed by atoms with Gasteiger partial charge in [0.1, 0.15) is 11.0 Å². The lowest BCUT2D eigenvalue weighted by Crippen LogP contribution is -1.80. The van der Waals surface area contributed by atoms with Gasteiger partial charge in [-0.1, -0.05) is 18.2 Å². The van der Waals surface area contributed by atoms with Crippen LogP contribution in [0.25, 0.3) is 45.1 Å². The van der Waals surface area contributed by atoms with Gasteiger partial charge in [0, 0.05) is 11.1 Å². The molecule has 3 aromatic carbocycles. The van der Waals surface area contributed by atoms with Crippen LogP contribution in [0.5, 0.6) is 0 Å². The Bertz CT molecular complexity index is 1170. The summed E-state index contributed by atoms with van der Waals surface area (Å²) in [5.41, 5.74) is 6.33. The maximum absolute atomic E-state index is 5.85. The van der Waals surface area contributed by atoms with Gasteiger partial charge in [0.25, 0.3) is 0 Å². The molecule has 4 nitrogen and oxygen atoms in total. The van der Waals surface area contributed by atoms with Crippen LogP contribution in [-0.4, -0.2) is 9.97 Å². The van der Waals surface area contributed by atoms with Crippen molar-refractivity contribution in [3.8, 4) is 22.9 Å². The number of hydrogen-bond acceptors (Lipinski definition) is 4. The van der Waals surface area contributed by atoms with Crippen molar-refractivity contribution in [1.82, 2.24) is 9.97 Å². The molecule has 0 aliphatic heterocycles. The summed E-state index contributed by atoms with van der Waals surface area (Å²) in [6.07, 6.45) is 0. The fourth-order valence-corrected chi connectivity index (χ4v) is 2.91. The van der Waals surface area contributed by atoms with Gasteiger partial charge in [0.15, 0.2) is 11.2 Å². The average molecular weight is 326 g/mol. The molecule has 0 fully saturated rings. The summed E-state index contributed by atoms with van der Waals surface area (Å²) in [5.74, 6) is 1.23. The van der Waals surface area contributed by atoms with Gasteiger partial charge >= 0.3 is 0 Å². The van der Waals surface area contributed by atoms with Gasteiger partial charge in [-0.15, -0.1) is 0 Å². The van der Waals surface area contributed by atoms with Crippen molar-refractivity contribution in [2.45, 2.75) is 6.92 Å². The SMILES string of the molecule is Cc1ccc2oc(-c3ccc(-c4nc5ccccc5o4)cc3)nc2c1. The van der Waals surface area contributed by atoms with E-state index in [1.54, 1.807) is 0 Å². The molecule has 4 heteroatoms. The van der Waals surface area contributed by atoms with Crippen LogP contribution in [0.15, 0.2) is 75.6 Å². The van der Waals surface area contributed by atoms with Crippen molar-refractivity contribution < 1.29 is 8.83 Å². The molecular formula is C21H14N2O2. The standard InChI is InChI=1S/C21H14N2O2/c1-13-6-11-19-17(12-13)23-21(25-19)15-9-7-14(8-10-15)20-22-16-4-2-3-5-18(16)24-20/h2-12H,1H3. The molecule has 2 aromatic heterocycles. The first-order chi connectivity index (χ1) is 12.3. The number of aromatic nitrogens is 2. The zero-order chi connectivity index (χ0) is 16.8. The van der Waals surface area contributed by atoms with Crippen LogP contribution in [-0.2, 0) is 0 Å². The zero-order valence-corrected chi connectivity index (χ0v) is 13.6. The second-order valence-corrected chi connectivity index (χ2v) is 6.05. The van der Waals surface area contributed by atoms with E-state index in [0.29, 0.717) is 11.8 Å². The van der Waals surface area contributed by atoms with E-state index in [-0.39, 0.29) is 0 Å². The van der Waals surface area contributed by atoms with E-state index in [4.69, 9.17) is 8.83 Å². The summed E-state index contributed by atoms with van der Waals surface area (Å²) in [6.45, 7) is 2.04. The Labute approximate surface area is 143 Å². The van der Waals surface area contributed by atoms with Gasteiger partial charge in [-0.25, -0.2) is 9.97 Å². The molecule has 0 unspecified atom stereocenters. The predicted molar refractivity (Wildman–Crippen MR) is 97.2 cm³/mol. The Morgan fingerprint density at radius 2 is 1.24 bits per heavy atom. The van der Waals surface area contributed by atoms with Gasteiger partial charge in [0.2, 0.25) is 11.8 Å². The van der Waals surface area contributed by atoms with Crippen molar-refractivity contribution in [3.63, 3.8) is 0 Å². The van der Waals surface area contributed by atoms with Crippen molar-refractivity contribution in [2.24, 2.45) is 0 Å². The highest BCUT2D eigenvalue weighted by atomic mass is 16.4. The Morgan fingerprint density at radius 1 is 0.640 bits per heavy atom. The summed E-state index contributed by atoms with van der Waals surface area (Å²) in [4.78, 5) is 9.10. The van der Waals surface area contributed by atoms with Crippen LogP contribution >= 0.6 is 0 Å². The molecule has 25 heavy (non-hydrogen) atoms. The molecule has 0 saturated carbocycles. The van der Waals surface area contributed by atoms with E-state index in [2.05, 4.69) is 9.97 Å². The molecule has 5 aromatic rings. The van der Waals surface area contributed by atoms with E-state index >= 15 is 0 Å². The minimum Gasteiger partial charge on any atom is -0.436 e. The Hall–Kier alpha value is -3.40. The van der Waals surface area contributed by atoms with Crippen molar-refractivity contribution in [3.05, 3.63) is 72.3 Å². The number of para-hydroxylation sites is 2. The highest BCUT2D eigenvalue weighted by molar-refractivity contribution is 5.78. The van der Waals surface area contributed by atoms with E-state index in [1.165, 1.54) is 5.56 Å². The lowest BCUT2D eigenvalue weighted by molar-refractivity contribution is 0.617. The van der Waals surface area contributed by atoms with E-state index in [9.17, 15) is 0 Å². The fourth-order valence-electron chi connectivity index (χ4n) is 2.91. The van der Waals surface area contributed by atoms with Gasteiger partial charge in [-0.05, 0) is 61.0 Å². The molecule has 2 heterocycles. The highest BCUT2D eigenvalue weighted by Gasteiger charge is 2.11. The first-order valence-electron chi connectivity index (χ1n) is 8.10. The molecule has 0 N–H and O–H groups in total. The number of hydrogen-bond donors (Lipinski definition) is 0. The summed E-state index contributed by atoms with van der Waals surface area (Å²) in [5, 5.41) is 0. The lowest BCUT2D eigenvalue weighted by atomic mass is 10.1. The number of aryl methyl sites for hydroxylation is 1. The number of oxazole rings is 2. The van der Waals surface area contributed by atoms with Gasteiger partial charge in [-0.3, -0.25) is 0 Å². The highest BCUT2D eigenvalue weighted by Crippen LogP contribution is 2.28. The molecule has 0 amide bonds. The first-order valence-corrected chi connectivity index (χ1v) is 8.10. The third-order valence-electron chi connectivity index (χ3n) is 4.22. The number of nitrogens with zero attached hydrogens (tertiary/aromatic N) is 2. The smallest absolute Gasteiger partial charge is 0.227 e. The van der Waals surface area contributed by atoms with Crippen LogP contribution in [0.1, 0.15) is 5.56 Å². The molecule has 5 rings (SSSR count). The molecule has 0 aliphatic rings. The van der Waals surface area contributed by atoms with E-state index < -0.39 is 0 Å². The predicted octanol–water partition coefficient (Wildman–Crippen LogP) is 5.61. The molecule has 0 bridgehead atoms. The third-order valence-corrected chi connectivity index (χ3v) is 4.22. The summed E-state index contributed by atoms with van der Waals surface area (Å²) in [6, 6.07) is 21.6. The van der Waals surface area contributed by atoms with E-state index in [0.717, 1.165) is 33.3 Å². The summed E-state index contributed by atoms with van der Waals surface area (Å²) < 4.78 is 11.7. The van der Waals surface area contributed by atoms with Gasteiger partial charge < -0.3 is 8.83 Å². The normalized spacial score (nSPS) is 11.4. The Balaban J connectivity index is 1.53. The number of benzene rings is 3. The van der Waals surface area contributed by atoms with Crippen LogP contribution < -0.4 is 0 Å². The van der Waals surface area contributed by atoms with Crippen LogP contribution in [0, 0.1) is 6.92 Å². The maximum Gasteiger partial charge on any atom is 0.227 e. The molecule has 120 valence electrons. The number of fused-ring (bicyclic) bond motifs is 2. The Kier molecular flexibility index (Phi) is 2.97. The summed E-state index contributed by atoms with van der Waals surface area (Å²) >= 11 is 0. The molecule has 0 radical (unpaired) electrons. The second-order valence-electron chi connectivity index (χ2n) is 6.05. The largest absolute Gasteiger partial charge is 0.436 e. The molecule has 0 saturated heterocycles. The van der Waals surface area contributed by atoms with Crippen molar-refractivity contribution >= 4 is 22.2 Å². The van der Waals surface area contributed by atoms with Gasteiger partial charge in [-0.2, -0.15) is 0 Å². The fraction of sp³-hybridized carbons (Fsp3) is 0.0476. The minimum atomic E-state index is 0.612. The zero-order valence-electron chi connectivity index (χ0n) is 13.6. The van der Waals surface area contributed by atoms with E-state index in [1.807, 2.05) is 73.7 Å².